The zero-order chi connectivity index (χ0) is 12.3. The lowest BCUT2D eigenvalue weighted by Crippen LogP contribution is -2.00. The van der Waals surface area contributed by atoms with E-state index in [4.69, 9.17) is 10.5 Å². The van der Waals surface area contributed by atoms with Crippen molar-refractivity contribution in [3.63, 3.8) is 0 Å². The van der Waals surface area contributed by atoms with Crippen LogP contribution < -0.4 is 10.5 Å². The Kier molecular flexibility index (Phi) is 3.18. The van der Waals surface area contributed by atoms with Gasteiger partial charge in [-0.25, -0.2) is 14.4 Å². The van der Waals surface area contributed by atoms with E-state index in [1.54, 1.807) is 24.4 Å². The Morgan fingerprint density at radius 3 is 2.82 bits per heavy atom. The van der Waals surface area contributed by atoms with Gasteiger partial charge in [-0.3, -0.25) is 0 Å². The van der Waals surface area contributed by atoms with Crippen LogP contribution in [0.25, 0.3) is 0 Å². The van der Waals surface area contributed by atoms with Crippen molar-refractivity contribution in [1.82, 2.24) is 9.97 Å². The highest BCUT2D eigenvalue weighted by atomic mass is 19.1. The molecule has 0 saturated heterocycles. The van der Waals surface area contributed by atoms with Crippen LogP contribution in [0.1, 0.15) is 11.4 Å². The van der Waals surface area contributed by atoms with E-state index in [2.05, 4.69) is 9.97 Å². The summed E-state index contributed by atoms with van der Waals surface area (Å²) in [4.78, 5) is 8.12. The number of hydrogen-bond acceptors (Lipinski definition) is 4. The SMILES string of the molecule is COc1ccc(Cc2nccc(N)n2)cc1F. The van der Waals surface area contributed by atoms with Crippen molar-refractivity contribution < 1.29 is 9.13 Å². The van der Waals surface area contributed by atoms with Crippen LogP contribution >= 0.6 is 0 Å². The molecule has 2 aromatic rings. The van der Waals surface area contributed by atoms with Crippen molar-refractivity contribution in [2.75, 3.05) is 12.8 Å². The molecule has 0 radical (unpaired) electrons. The minimum absolute atomic E-state index is 0.224. The summed E-state index contributed by atoms with van der Waals surface area (Å²) in [7, 11) is 1.43. The van der Waals surface area contributed by atoms with Gasteiger partial charge in [-0.2, -0.15) is 0 Å². The van der Waals surface area contributed by atoms with Gasteiger partial charge in [0.15, 0.2) is 11.6 Å². The van der Waals surface area contributed by atoms with E-state index in [0.29, 0.717) is 18.1 Å². The van der Waals surface area contributed by atoms with E-state index in [9.17, 15) is 4.39 Å². The third-order valence-corrected chi connectivity index (χ3v) is 2.31. The summed E-state index contributed by atoms with van der Waals surface area (Å²) in [6.45, 7) is 0. The van der Waals surface area contributed by atoms with Crippen LogP contribution in [0.5, 0.6) is 5.75 Å². The number of nitrogen functional groups attached to an aromatic ring is 1. The fourth-order valence-corrected chi connectivity index (χ4v) is 1.50. The monoisotopic (exact) mass is 233 g/mol. The van der Waals surface area contributed by atoms with Crippen molar-refractivity contribution in [1.29, 1.82) is 0 Å². The van der Waals surface area contributed by atoms with Gasteiger partial charge in [0.25, 0.3) is 0 Å². The van der Waals surface area contributed by atoms with Crippen molar-refractivity contribution in [3.05, 3.63) is 47.7 Å². The van der Waals surface area contributed by atoms with Gasteiger partial charge in [0.2, 0.25) is 0 Å². The number of rotatable bonds is 3. The van der Waals surface area contributed by atoms with Gasteiger partial charge in [-0.1, -0.05) is 6.07 Å². The van der Waals surface area contributed by atoms with E-state index >= 15 is 0 Å². The van der Waals surface area contributed by atoms with Crippen molar-refractivity contribution in [3.8, 4) is 5.75 Å². The smallest absolute Gasteiger partial charge is 0.165 e. The van der Waals surface area contributed by atoms with Crippen LogP contribution in [0.4, 0.5) is 10.2 Å². The molecule has 1 aromatic carbocycles. The van der Waals surface area contributed by atoms with Gasteiger partial charge >= 0.3 is 0 Å². The molecule has 0 fully saturated rings. The molecule has 0 spiro atoms. The number of anilines is 1. The van der Waals surface area contributed by atoms with E-state index in [0.717, 1.165) is 5.56 Å². The van der Waals surface area contributed by atoms with Crippen molar-refractivity contribution in [2.24, 2.45) is 0 Å². The maximum Gasteiger partial charge on any atom is 0.165 e. The minimum Gasteiger partial charge on any atom is -0.494 e. The van der Waals surface area contributed by atoms with E-state index in [1.807, 2.05) is 0 Å². The highest BCUT2D eigenvalue weighted by Crippen LogP contribution is 2.18. The van der Waals surface area contributed by atoms with Crippen LogP contribution in [0.3, 0.4) is 0 Å². The molecular weight excluding hydrogens is 221 g/mol. The first-order valence-electron chi connectivity index (χ1n) is 5.09. The molecule has 2 rings (SSSR count). The van der Waals surface area contributed by atoms with Gasteiger partial charge in [0.05, 0.1) is 7.11 Å². The molecule has 17 heavy (non-hydrogen) atoms. The predicted molar refractivity (Wildman–Crippen MR) is 62.2 cm³/mol. The van der Waals surface area contributed by atoms with Gasteiger partial charge in [0, 0.05) is 12.6 Å². The van der Waals surface area contributed by atoms with Gasteiger partial charge in [0.1, 0.15) is 11.6 Å². The molecule has 4 nitrogen and oxygen atoms in total. The predicted octanol–water partition coefficient (Wildman–Crippen LogP) is 1.80. The van der Waals surface area contributed by atoms with Crippen LogP contribution in [0, 0.1) is 5.82 Å². The summed E-state index contributed by atoms with van der Waals surface area (Å²) in [6.07, 6.45) is 2.02. The first-order chi connectivity index (χ1) is 8.19. The molecule has 0 aliphatic rings. The third-order valence-electron chi connectivity index (χ3n) is 2.31. The Balaban J connectivity index is 2.22. The molecule has 88 valence electrons. The zero-order valence-electron chi connectivity index (χ0n) is 9.35. The summed E-state index contributed by atoms with van der Waals surface area (Å²) in [6, 6.07) is 6.37. The first-order valence-corrected chi connectivity index (χ1v) is 5.09. The lowest BCUT2D eigenvalue weighted by atomic mass is 10.1. The Morgan fingerprint density at radius 1 is 1.35 bits per heavy atom. The third kappa shape index (κ3) is 2.69. The molecule has 0 saturated carbocycles. The number of benzene rings is 1. The standard InChI is InChI=1S/C12H12FN3O/c1-17-10-3-2-8(6-9(10)13)7-12-15-5-4-11(14)16-12/h2-6H,7H2,1H3,(H2,14,15,16). The second kappa shape index (κ2) is 4.78. The Morgan fingerprint density at radius 2 is 2.18 bits per heavy atom. The second-order valence-corrected chi connectivity index (χ2v) is 3.54. The van der Waals surface area contributed by atoms with E-state index in [1.165, 1.54) is 13.2 Å². The van der Waals surface area contributed by atoms with Gasteiger partial charge < -0.3 is 10.5 Å². The van der Waals surface area contributed by atoms with E-state index < -0.39 is 5.82 Å². The number of ether oxygens (including phenoxy) is 1. The molecule has 0 unspecified atom stereocenters. The molecule has 0 aliphatic heterocycles. The summed E-state index contributed by atoms with van der Waals surface area (Å²) in [5.74, 6) is 0.801. The average Bonchev–Trinajstić information content (AvgIpc) is 2.29. The Labute approximate surface area is 98.3 Å². The number of hydrogen-bond donors (Lipinski definition) is 1. The normalized spacial score (nSPS) is 10.2. The van der Waals surface area contributed by atoms with Crippen LogP contribution in [0.15, 0.2) is 30.5 Å². The molecule has 5 heteroatoms. The molecule has 0 atom stereocenters. The summed E-state index contributed by atoms with van der Waals surface area (Å²) in [5.41, 5.74) is 6.31. The quantitative estimate of drug-likeness (QED) is 0.878. The highest BCUT2D eigenvalue weighted by Gasteiger charge is 2.05. The Bertz CT molecular complexity index is 531. The molecule has 0 amide bonds. The molecule has 0 bridgehead atoms. The van der Waals surface area contributed by atoms with Crippen LogP contribution in [0.2, 0.25) is 0 Å². The van der Waals surface area contributed by atoms with Gasteiger partial charge in [-0.05, 0) is 23.8 Å². The van der Waals surface area contributed by atoms with Crippen molar-refractivity contribution >= 4 is 5.82 Å². The number of nitrogens with zero attached hydrogens (tertiary/aromatic N) is 2. The maximum absolute atomic E-state index is 13.4. The topological polar surface area (TPSA) is 61.0 Å². The minimum atomic E-state index is -0.395. The molecule has 2 N–H and O–H groups in total. The number of nitrogens with two attached hydrogens (primary N) is 1. The van der Waals surface area contributed by atoms with E-state index in [-0.39, 0.29) is 5.75 Å². The molecule has 1 aromatic heterocycles. The van der Waals surface area contributed by atoms with Crippen LogP contribution in [-0.2, 0) is 6.42 Å². The lowest BCUT2D eigenvalue weighted by molar-refractivity contribution is 0.386. The summed E-state index contributed by atoms with van der Waals surface area (Å²) in [5, 5.41) is 0. The number of aromatic nitrogens is 2. The molecule has 1 heterocycles. The lowest BCUT2D eigenvalue weighted by Gasteiger charge is -2.04. The summed E-state index contributed by atoms with van der Waals surface area (Å²) < 4.78 is 18.3. The largest absolute Gasteiger partial charge is 0.494 e. The molecular formula is C12H12FN3O. The maximum atomic E-state index is 13.4. The number of methoxy groups -OCH3 is 1. The molecule has 0 aliphatic carbocycles. The first kappa shape index (κ1) is 11.3. The second-order valence-electron chi connectivity index (χ2n) is 3.54. The fraction of sp³-hybridized carbons (Fsp3) is 0.167. The zero-order valence-corrected chi connectivity index (χ0v) is 9.35. The summed E-state index contributed by atoms with van der Waals surface area (Å²) >= 11 is 0. The van der Waals surface area contributed by atoms with Crippen molar-refractivity contribution in [2.45, 2.75) is 6.42 Å². The Hall–Kier alpha value is -2.17. The highest BCUT2D eigenvalue weighted by molar-refractivity contribution is 5.32. The fourth-order valence-electron chi connectivity index (χ4n) is 1.50. The van der Waals surface area contributed by atoms with Gasteiger partial charge in [-0.15, -0.1) is 0 Å². The van der Waals surface area contributed by atoms with Crippen LogP contribution in [-0.4, -0.2) is 17.1 Å². The average molecular weight is 233 g/mol. The number of halogens is 1.